The minimum Gasteiger partial charge on any atom is -0.347 e. The van der Waals surface area contributed by atoms with Gasteiger partial charge in [-0.3, -0.25) is 4.79 Å². The molecule has 22 heavy (non-hydrogen) atoms. The number of carbonyl (C=O) groups excluding carboxylic acids is 1. The minimum atomic E-state index is -0.0826. The van der Waals surface area contributed by atoms with E-state index in [0.717, 1.165) is 34.8 Å². The molecule has 2 rings (SSSR count). The standard InChI is InChI=1S/C16H22N4OS/c1-11-6-8-13(9-7-11)15-19-20-16(22-15)14(18-12(2)21)5-3-4-10-17/h6-9,14H,3-5,10,17H2,1-2H3,(H,18,21)/t14-/m0/s1. The minimum absolute atomic E-state index is 0.0511. The lowest BCUT2D eigenvalue weighted by Gasteiger charge is -2.14. The fraction of sp³-hybridized carbons (Fsp3) is 0.438. The van der Waals surface area contributed by atoms with Gasteiger partial charge in [0, 0.05) is 12.5 Å². The van der Waals surface area contributed by atoms with Crippen LogP contribution in [0.1, 0.15) is 42.8 Å². The molecule has 5 nitrogen and oxygen atoms in total. The first-order chi connectivity index (χ1) is 10.6. The molecule has 1 amide bonds. The van der Waals surface area contributed by atoms with Crippen molar-refractivity contribution in [1.82, 2.24) is 15.5 Å². The van der Waals surface area contributed by atoms with E-state index in [2.05, 4.69) is 34.6 Å². The number of aryl methyl sites for hydroxylation is 1. The number of nitrogens with zero attached hydrogens (tertiary/aromatic N) is 2. The van der Waals surface area contributed by atoms with Gasteiger partial charge in [0.1, 0.15) is 10.0 Å². The Bertz CT molecular complexity index is 609. The predicted octanol–water partition coefficient (Wildman–Crippen LogP) is 2.82. The van der Waals surface area contributed by atoms with Crippen LogP contribution in [0.15, 0.2) is 24.3 Å². The predicted molar refractivity (Wildman–Crippen MR) is 89.5 cm³/mol. The molecule has 0 unspecified atom stereocenters. The normalized spacial score (nSPS) is 12.1. The number of amides is 1. The lowest BCUT2D eigenvalue weighted by atomic mass is 10.1. The number of aromatic nitrogens is 2. The SMILES string of the molecule is CC(=O)N[C@@H](CCCCN)c1nnc(-c2ccc(C)cc2)s1. The molecule has 0 radical (unpaired) electrons. The number of benzene rings is 1. The van der Waals surface area contributed by atoms with Crippen molar-refractivity contribution in [2.24, 2.45) is 5.73 Å². The second-order valence-corrected chi connectivity index (χ2v) is 6.36. The highest BCUT2D eigenvalue weighted by Gasteiger charge is 2.18. The summed E-state index contributed by atoms with van der Waals surface area (Å²) in [6.45, 7) is 4.24. The Hall–Kier alpha value is -1.79. The monoisotopic (exact) mass is 318 g/mol. The van der Waals surface area contributed by atoms with Crippen LogP contribution in [0.4, 0.5) is 0 Å². The Morgan fingerprint density at radius 3 is 2.64 bits per heavy atom. The van der Waals surface area contributed by atoms with Gasteiger partial charge in [0.2, 0.25) is 5.91 Å². The van der Waals surface area contributed by atoms with Crippen LogP contribution in [-0.4, -0.2) is 22.6 Å². The molecule has 0 fully saturated rings. The number of nitrogens with one attached hydrogen (secondary N) is 1. The fourth-order valence-corrected chi connectivity index (χ4v) is 3.12. The molecule has 3 N–H and O–H groups in total. The van der Waals surface area contributed by atoms with Crippen molar-refractivity contribution in [2.45, 2.75) is 39.2 Å². The van der Waals surface area contributed by atoms with Crippen molar-refractivity contribution in [3.63, 3.8) is 0 Å². The summed E-state index contributed by atoms with van der Waals surface area (Å²) in [5, 5.41) is 13.2. The van der Waals surface area contributed by atoms with Gasteiger partial charge in [0.05, 0.1) is 6.04 Å². The van der Waals surface area contributed by atoms with Crippen molar-refractivity contribution in [2.75, 3.05) is 6.54 Å². The summed E-state index contributed by atoms with van der Waals surface area (Å²) in [5.41, 5.74) is 7.80. The van der Waals surface area contributed by atoms with Crippen molar-refractivity contribution in [1.29, 1.82) is 0 Å². The number of rotatable bonds is 7. The van der Waals surface area contributed by atoms with Crippen LogP contribution in [0.2, 0.25) is 0 Å². The second-order valence-electron chi connectivity index (χ2n) is 5.35. The molecule has 1 heterocycles. The van der Waals surface area contributed by atoms with Gasteiger partial charge in [0.25, 0.3) is 0 Å². The molecule has 1 aromatic heterocycles. The Labute approximate surface area is 135 Å². The van der Waals surface area contributed by atoms with Crippen molar-refractivity contribution < 1.29 is 4.79 Å². The zero-order valence-corrected chi connectivity index (χ0v) is 13.8. The molecule has 0 spiro atoms. The smallest absolute Gasteiger partial charge is 0.217 e. The van der Waals surface area contributed by atoms with Crippen molar-refractivity contribution in [3.05, 3.63) is 34.8 Å². The van der Waals surface area contributed by atoms with E-state index in [9.17, 15) is 4.79 Å². The number of unbranched alkanes of at least 4 members (excludes halogenated alkanes) is 1. The molecule has 0 saturated carbocycles. The lowest BCUT2D eigenvalue weighted by molar-refractivity contribution is -0.119. The van der Waals surface area contributed by atoms with E-state index in [1.807, 2.05) is 12.1 Å². The van der Waals surface area contributed by atoms with E-state index in [-0.39, 0.29) is 11.9 Å². The summed E-state index contributed by atoms with van der Waals surface area (Å²) in [7, 11) is 0. The Morgan fingerprint density at radius 2 is 2.00 bits per heavy atom. The van der Waals surface area contributed by atoms with Crippen LogP contribution >= 0.6 is 11.3 Å². The second kappa shape index (κ2) is 8.00. The van der Waals surface area contributed by atoms with Crippen LogP contribution in [0.25, 0.3) is 10.6 Å². The summed E-state index contributed by atoms with van der Waals surface area (Å²) >= 11 is 1.53. The van der Waals surface area contributed by atoms with Gasteiger partial charge >= 0.3 is 0 Å². The summed E-state index contributed by atoms with van der Waals surface area (Å²) < 4.78 is 0. The van der Waals surface area contributed by atoms with Gasteiger partial charge < -0.3 is 11.1 Å². The molecule has 0 aliphatic heterocycles. The molecule has 6 heteroatoms. The molecule has 0 bridgehead atoms. The molecule has 0 saturated heterocycles. The van der Waals surface area contributed by atoms with Crippen molar-refractivity contribution >= 4 is 17.2 Å². The topological polar surface area (TPSA) is 80.9 Å². The summed E-state index contributed by atoms with van der Waals surface area (Å²) in [5.74, 6) is -0.0511. The van der Waals surface area contributed by atoms with E-state index in [1.165, 1.54) is 23.8 Å². The van der Waals surface area contributed by atoms with E-state index < -0.39 is 0 Å². The third-order valence-corrected chi connectivity index (χ3v) is 4.45. The van der Waals surface area contributed by atoms with Crippen LogP contribution in [0, 0.1) is 6.92 Å². The van der Waals surface area contributed by atoms with Gasteiger partial charge in [-0.25, -0.2) is 0 Å². The Kier molecular flexibility index (Phi) is 6.03. The third-order valence-electron chi connectivity index (χ3n) is 3.36. The maximum absolute atomic E-state index is 11.4. The van der Waals surface area contributed by atoms with E-state index in [4.69, 9.17) is 5.73 Å². The Balaban J connectivity index is 2.14. The van der Waals surface area contributed by atoms with Crippen molar-refractivity contribution in [3.8, 4) is 10.6 Å². The molecule has 0 aliphatic carbocycles. The van der Waals surface area contributed by atoms with Gasteiger partial charge in [0.15, 0.2) is 0 Å². The molecular formula is C16H22N4OS. The largest absolute Gasteiger partial charge is 0.347 e. The maximum atomic E-state index is 11.4. The van der Waals surface area contributed by atoms with Crippen LogP contribution in [-0.2, 0) is 4.79 Å². The van der Waals surface area contributed by atoms with Gasteiger partial charge in [-0.15, -0.1) is 10.2 Å². The molecular weight excluding hydrogens is 296 g/mol. The maximum Gasteiger partial charge on any atom is 0.217 e. The average Bonchev–Trinajstić information content (AvgIpc) is 2.96. The summed E-state index contributed by atoms with van der Waals surface area (Å²) in [6, 6.07) is 8.12. The highest BCUT2D eigenvalue weighted by atomic mass is 32.1. The number of hydrogen-bond acceptors (Lipinski definition) is 5. The van der Waals surface area contributed by atoms with Gasteiger partial charge in [-0.1, -0.05) is 41.2 Å². The first-order valence-electron chi connectivity index (χ1n) is 7.47. The average molecular weight is 318 g/mol. The van der Waals surface area contributed by atoms with E-state index >= 15 is 0 Å². The van der Waals surface area contributed by atoms with Crippen LogP contribution in [0.3, 0.4) is 0 Å². The Morgan fingerprint density at radius 1 is 1.27 bits per heavy atom. The number of nitrogens with two attached hydrogens (primary N) is 1. The van der Waals surface area contributed by atoms with Gasteiger partial charge in [-0.2, -0.15) is 0 Å². The third kappa shape index (κ3) is 4.61. The lowest BCUT2D eigenvalue weighted by Crippen LogP contribution is -2.26. The fourth-order valence-electron chi connectivity index (χ4n) is 2.18. The van der Waals surface area contributed by atoms with E-state index in [1.54, 1.807) is 0 Å². The summed E-state index contributed by atoms with van der Waals surface area (Å²) in [4.78, 5) is 11.4. The zero-order valence-electron chi connectivity index (χ0n) is 13.0. The highest BCUT2D eigenvalue weighted by Crippen LogP contribution is 2.29. The van der Waals surface area contributed by atoms with Gasteiger partial charge in [-0.05, 0) is 32.7 Å². The molecule has 1 atom stereocenters. The first kappa shape index (κ1) is 16.6. The highest BCUT2D eigenvalue weighted by molar-refractivity contribution is 7.14. The molecule has 118 valence electrons. The number of carbonyl (C=O) groups is 1. The first-order valence-corrected chi connectivity index (χ1v) is 8.29. The quantitative estimate of drug-likeness (QED) is 0.769. The van der Waals surface area contributed by atoms with Crippen LogP contribution in [0.5, 0.6) is 0 Å². The van der Waals surface area contributed by atoms with Crippen LogP contribution < -0.4 is 11.1 Å². The molecule has 2 aromatic rings. The zero-order chi connectivity index (χ0) is 15.9. The molecule has 0 aliphatic rings. The van der Waals surface area contributed by atoms with E-state index in [0.29, 0.717) is 6.54 Å². The number of hydrogen-bond donors (Lipinski definition) is 2. The molecule has 1 aromatic carbocycles. The summed E-state index contributed by atoms with van der Waals surface area (Å²) in [6.07, 6.45) is 2.74.